The van der Waals surface area contributed by atoms with Crippen LogP contribution in [-0.4, -0.2) is 26.3 Å². The Kier molecular flexibility index (Phi) is 3.61. The van der Waals surface area contributed by atoms with Crippen molar-refractivity contribution in [3.8, 4) is 0 Å². The maximum Gasteiger partial charge on any atom is 0.148 e. The average Bonchev–Trinajstić information content (AvgIpc) is 3.04. The van der Waals surface area contributed by atoms with Crippen LogP contribution >= 0.6 is 11.8 Å². The van der Waals surface area contributed by atoms with Gasteiger partial charge in [-0.3, -0.25) is 4.79 Å². The second kappa shape index (κ2) is 5.40. The zero-order chi connectivity index (χ0) is 14.1. The molecule has 0 radical (unpaired) electrons. The summed E-state index contributed by atoms with van der Waals surface area (Å²) in [5.41, 5.74) is 1.16. The van der Waals surface area contributed by atoms with E-state index < -0.39 is 0 Å². The lowest BCUT2D eigenvalue weighted by Gasteiger charge is -2.12. The highest BCUT2D eigenvalue weighted by molar-refractivity contribution is 7.99. The van der Waals surface area contributed by atoms with E-state index in [1.807, 2.05) is 30.7 Å². The van der Waals surface area contributed by atoms with E-state index in [2.05, 4.69) is 22.2 Å². The predicted octanol–water partition coefficient (Wildman–Crippen LogP) is 2.86. The van der Waals surface area contributed by atoms with Gasteiger partial charge in [0, 0.05) is 16.7 Å². The molecule has 0 amide bonds. The van der Waals surface area contributed by atoms with Crippen molar-refractivity contribution in [3.05, 3.63) is 42.0 Å². The number of nitrogens with zero attached hydrogens (tertiary/aromatic N) is 3. The molecule has 2 heterocycles. The quantitative estimate of drug-likeness (QED) is 0.867. The lowest BCUT2D eigenvalue weighted by Crippen LogP contribution is -2.18. The van der Waals surface area contributed by atoms with E-state index in [1.54, 1.807) is 11.8 Å². The summed E-state index contributed by atoms with van der Waals surface area (Å²) in [7, 11) is 0. The molecular weight excluding hydrogens is 270 g/mol. The third kappa shape index (κ3) is 2.38. The van der Waals surface area contributed by atoms with Gasteiger partial charge in [-0.1, -0.05) is 18.2 Å². The van der Waals surface area contributed by atoms with Crippen molar-refractivity contribution >= 4 is 17.5 Å². The number of ketones is 1. The van der Waals surface area contributed by atoms with Crippen LogP contribution < -0.4 is 0 Å². The van der Waals surface area contributed by atoms with Crippen molar-refractivity contribution in [1.82, 2.24) is 14.8 Å². The summed E-state index contributed by atoms with van der Waals surface area (Å²) in [5.74, 6) is 1.83. The summed E-state index contributed by atoms with van der Waals surface area (Å²) < 4.78 is 1.83. The van der Waals surface area contributed by atoms with Gasteiger partial charge in [0.25, 0.3) is 0 Å². The molecule has 3 rings (SSSR count). The third-order valence-electron chi connectivity index (χ3n) is 3.56. The van der Waals surface area contributed by atoms with Crippen LogP contribution in [0.5, 0.6) is 0 Å². The van der Waals surface area contributed by atoms with Crippen LogP contribution in [0.15, 0.2) is 35.5 Å². The van der Waals surface area contributed by atoms with Crippen LogP contribution in [0.4, 0.5) is 0 Å². The number of aromatic nitrogens is 3. The molecule has 1 aromatic heterocycles. The summed E-state index contributed by atoms with van der Waals surface area (Å²) in [6, 6.07) is 8.40. The van der Waals surface area contributed by atoms with Crippen LogP contribution in [0, 0.1) is 0 Å². The Morgan fingerprint density at radius 2 is 2.25 bits per heavy atom. The van der Waals surface area contributed by atoms with Gasteiger partial charge in [0.15, 0.2) is 0 Å². The first-order valence-corrected chi connectivity index (χ1v) is 7.78. The number of fused-ring (bicyclic) bond motifs is 1. The Morgan fingerprint density at radius 3 is 3.05 bits per heavy atom. The molecule has 1 aliphatic heterocycles. The Balaban J connectivity index is 1.80. The van der Waals surface area contributed by atoms with E-state index in [9.17, 15) is 4.79 Å². The standard InChI is InChI=1S/C15H17N3OS/c1-10(2)18-15(16-9-17-18)7-13(19)12-8-20-14-6-4-3-5-11(12)14/h3-6,9-10,12H,7-8H2,1-2H3. The van der Waals surface area contributed by atoms with E-state index in [0.29, 0.717) is 6.42 Å². The number of benzene rings is 1. The third-order valence-corrected chi connectivity index (χ3v) is 4.74. The van der Waals surface area contributed by atoms with E-state index >= 15 is 0 Å². The number of carbonyl (C=O) groups is 1. The van der Waals surface area contributed by atoms with Crippen LogP contribution in [0.1, 0.15) is 37.2 Å². The van der Waals surface area contributed by atoms with Crippen molar-refractivity contribution in [3.63, 3.8) is 0 Å². The molecule has 0 saturated heterocycles. The molecule has 2 aromatic rings. The zero-order valence-corrected chi connectivity index (χ0v) is 12.4. The largest absolute Gasteiger partial charge is 0.298 e. The number of Topliss-reactive ketones (excluding diaryl/α,β-unsaturated/α-hetero) is 1. The second-order valence-corrected chi connectivity index (χ2v) is 6.32. The Hall–Kier alpha value is -1.62. The molecule has 0 bridgehead atoms. The van der Waals surface area contributed by atoms with Crippen molar-refractivity contribution in [2.45, 2.75) is 37.1 Å². The first-order valence-electron chi connectivity index (χ1n) is 6.79. The maximum atomic E-state index is 12.6. The molecule has 4 nitrogen and oxygen atoms in total. The number of rotatable bonds is 4. The molecule has 0 aliphatic carbocycles. The maximum absolute atomic E-state index is 12.6. The molecule has 104 valence electrons. The molecule has 0 N–H and O–H groups in total. The van der Waals surface area contributed by atoms with Gasteiger partial charge < -0.3 is 0 Å². The Bertz CT molecular complexity index is 636. The summed E-state index contributed by atoms with van der Waals surface area (Å²) >= 11 is 1.76. The summed E-state index contributed by atoms with van der Waals surface area (Å²) in [6.45, 7) is 4.09. The molecule has 5 heteroatoms. The predicted molar refractivity (Wildman–Crippen MR) is 79.0 cm³/mol. The molecular formula is C15H17N3OS. The summed E-state index contributed by atoms with van der Waals surface area (Å²) in [6.07, 6.45) is 1.89. The number of hydrogen-bond acceptors (Lipinski definition) is 4. The van der Waals surface area contributed by atoms with Gasteiger partial charge >= 0.3 is 0 Å². The van der Waals surface area contributed by atoms with Crippen molar-refractivity contribution in [1.29, 1.82) is 0 Å². The molecule has 1 unspecified atom stereocenters. The van der Waals surface area contributed by atoms with E-state index in [1.165, 1.54) is 11.2 Å². The van der Waals surface area contributed by atoms with Crippen LogP contribution in [0.25, 0.3) is 0 Å². The van der Waals surface area contributed by atoms with Crippen molar-refractivity contribution in [2.24, 2.45) is 0 Å². The Labute approximate surface area is 122 Å². The van der Waals surface area contributed by atoms with Gasteiger partial charge in [0.05, 0.1) is 12.3 Å². The fourth-order valence-electron chi connectivity index (χ4n) is 2.54. The lowest BCUT2D eigenvalue weighted by atomic mass is 9.95. The van der Waals surface area contributed by atoms with Gasteiger partial charge in [-0.25, -0.2) is 9.67 Å². The Morgan fingerprint density at radius 1 is 1.45 bits per heavy atom. The second-order valence-electron chi connectivity index (χ2n) is 5.26. The van der Waals surface area contributed by atoms with Gasteiger partial charge in [-0.05, 0) is 25.5 Å². The van der Waals surface area contributed by atoms with Crippen LogP contribution in [0.3, 0.4) is 0 Å². The van der Waals surface area contributed by atoms with Gasteiger partial charge in [0.2, 0.25) is 0 Å². The van der Waals surface area contributed by atoms with Crippen LogP contribution in [0.2, 0.25) is 0 Å². The first kappa shape index (κ1) is 13.4. The van der Waals surface area contributed by atoms with Crippen molar-refractivity contribution in [2.75, 3.05) is 5.75 Å². The lowest BCUT2D eigenvalue weighted by molar-refractivity contribution is -0.119. The molecule has 0 spiro atoms. The van der Waals surface area contributed by atoms with Gasteiger partial charge in [0.1, 0.15) is 17.9 Å². The highest BCUT2D eigenvalue weighted by Crippen LogP contribution is 2.40. The number of thioether (sulfide) groups is 1. The number of hydrogen-bond donors (Lipinski definition) is 0. The minimum Gasteiger partial charge on any atom is -0.298 e. The minimum atomic E-state index is -0.00601. The van der Waals surface area contributed by atoms with Crippen LogP contribution in [-0.2, 0) is 11.2 Å². The van der Waals surface area contributed by atoms with E-state index in [-0.39, 0.29) is 17.7 Å². The van der Waals surface area contributed by atoms with E-state index in [0.717, 1.165) is 17.1 Å². The molecule has 1 atom stereocenters. The topological polar surface area (TPSA) is 47.8 Å². The normalized spacial score (nSPS) is 17.4. The fraction of sp³-hybridized carbons (Fsp3) is 0.400. The summed E-state index contributed by atoms with van der Waals surface area (Å²) in [4.78, 5) is 18.0. The SMILES string of the molecule is CC(C)n1ncnc1CC(=O)C1CSc2ccccc21. The van der Waals surface area contributed by atoms with Crippen molar-refractivity contribution < 1.29 is 4.79 Å². The zero-order valence-electron chi connectivity index (χ0n) is 11.6. The summed E-state index contributed by atoms with van der Waals surface area (Å²) in [5, 5.41) is 4.19. The average molecular weight is 287 g/mol. The highest BCUT2D eigenvalue weighted by atomic mass is 32.2. The van der Waals surface area contributed by atoms with Gasteiger partial charge in [-0.15, -0.1) is 11.8 Å². The van der Waals surface area contributed by atoms with Gasteiger partial charge in [-0.2, -0.15) is 5.10 Å². The molecule has 1 aliphatic rings. The molecule has 0 fully saturated rings. The molecule has 1 aromatic carbocycles. The fourth-order valence-corrected chi connectivity index (χ4v) is 3.80. The number of carbonyl (C=O) groups excluding carboxylic acids is 1. The molecule has 20 heavy (non-hydrogen) atoms. The monoisotopic (exact) mass is 287 g/mol. The molecule has 0 saturated carbocycles. The van der Waals surface area contributed by atoms with E-state index in [4.69, 9.17) is 0 Å². The first-order chi connectivity index (χ1) is 9.66. The minimum absolute atomic E-state index is 0.00601. The smallest absolute Gasteiger partial charge is 0.148 e. The highest BCUT2D eigenvalue weighted by Gasteiger charge is 2.29.